The van der Waals surface area contributed by atoms with Gasteiger partial charge >= 0.3 is 0 Å². The van der Waals surface area contributed by atoms with Crippen LogP contribution in [0.2, 0.25) is 0 Å². The smallest absolute Gasteiger partial charge is 0.233 e. The Labute approximate surface area is 124 Å². The zero-order valence-electron chi connectivity index (χ0n) is 12.3. The van der Waals surface area contributed by atoms with Crippen LogP contribution in [0.4, 0.5) is 0 Å². The molecule has 0 aliphatic heterocycles. The highest BCUT2D eigenvalue weighted by Gasteiger charge is 2.14. The van der Waals surface area contributed by atoms with E-state index in [9.17, 15) is 9.90 Å². The summed E-state index contributed by atoms with van der Waals surface area (Å²) in [4.78, 5) is 12.9. The van der Waals surface area contributed by atoms with E-state index in [1.165, 1.54) is 11.8 Å². The van der Waals surface area contributed by atoms with E-state index in [2.05, 4.69) is 5.32 Å². The number of aliphatic hydroxyl groups is 1. The quantitative estimate of drug-likeness (QED) is 0.571. The van der Waals surface area contributed by atoms with Crippen molar-refractivity contribution in [2.24, 2.45) is 0 Å². The Bertz CT molecular complexity index is 423. The van der Waals surface area contributed by atoms with Gasteiger partial charge in [0.2, 0.25) is 5.91 Å². The second-order valence-electron chi connectivity index (χ2n) is 4.65. The van der Waals surface area contributed by atoms with Crippen molar-refractivity contribution >= 4 is 17.7 Å². The van der Waals surface area contributed by atoms with Crippen LogP contribution in [-0.4, -0.2) is 36.5 Å². The van der Waals surface area contributed by atoms with Crippen LogP contribution in [0.15, 0.2) is 29.2 Å². The van der Waals surface area contributed by atoms with Crippen molar-refractivity contribution in [1.29, 1.82) is 0 Å². The normalized spacial score (nSPS) is 13.8. The van der Waals surface area contributed by atoms with E-state index in [0.29, 0.717) is 13.2 Å². The molecule has 112 valence electrons. The number of thioether (sulfide) groups is 1. The van der Waals surface area contributed by atoms with Crippen LogP contribution in [0.25, 0.3) is 0 Å². The molecule has 1 rings (SSSR count). The van der Waals surface area contributed by atoms with Crippen LogP contribution in [-0.2, 0) is 9.53 Å². The van der Waals surface area contributed by atoms with Gasteiger partial charge in [-0.15, -0.1) is 11.8 Å². The van der Waals surface area contributed by atoms with Crippen molar-refractivity contribution in [2.45, 2.75) is 36.5 Å². The molecule has 5 heteroatoms. The highest BCUT2D eigenvalue weighted by atomic mass is 32.2. The maximum atomic E-state index is 11.9. The highest BCUT2D eigenvalue weighted by molar-refractivity contribution is 8.00. The SMILES string of the molecule is COCCCNC(=O)C(C)Sc1cccc(C(C)O)c1. The summed E-state index contributed by atoms with van der Waals surface area (Å²) in [7, 11) is 1.65. The number of hydrogen-bond acceptors (Lipinski definition) is 4. The van der Waals surface area contributed by atoms with Gasteiger partial charge in [0.1, 0.15) is 0 Å². The van der Waals surface area contributed by atoms with Gasteiger partial charge in [-0.3, -0.25) is 4.79 Å². The monoisotopic (exact) mass is 297 g/mol. The van der Waals surface area contributed by atoms with Gasteiger partial charge in [0.15, 0.2) is 0 Å². The summed E-state index contributed by atoms with van der Waals surface area (Å²) < 4.78 is 4.94. The Kier molecular flexibility index (Phi) is 7.65. The molecule has 0 aliphatic rings. The molecular weight excluding hydrogens is 274 g/mol. The van der Waals surface area contributed by atoms with Crippen molar-refractivity contribution < 1.29 is 14.6 Å². The first-order chi connectivity index (χ1) is 9.54. The Morgan fingerprint density at radius 3 is 2.85 bits per heavy atom. The first-order valence-corrected chi connectivity index (χ1v) is 7.64. The Hall–Kier alpha value is -1.04. The molecule has 4 nitrogen and oxygen atoms in total. The van der Waals surface area contributed by atoms with Gasteiger partial charge in [-0.25, -0.2) is 0 Å². The number of amides is 1. The second kappa shape index (κ2) is 9.00. The molecule has 0 saturated heterocycles. The number of ether oxygens (including phenoxy) is 1. The summed E-state index contributed by atoms with van der Waals surface area (Å²) in [6.07, 6.45) is 0.325. The molecule has 2 unspecified atom stereocenters. The van der Waals surface area contributed by atoms with Crippen LogP contribution in [0.5, 0.6) is 0 Å². The fourth-order valence-corrected chi connectivity index (χ4v) is 2.64. The summed E-state index contributed by atoms with van der Waals surface area (Å²) >= 11 is 1.49. The molecule has 0 radical (unpaired) electrons. The van der Waals surface area contributed by atoms with Gasteiger partial charge in [-0.2, -0.15) is 0 Å². The molecule has 0 aromatic heterocycles. The van der Waals surface area contributed by atoms with Gasteiger partial charge in [-0.1, -0.05) is 12.1 Å². The number of hydrogen-bond donors (Lipinski definition) is 2. The molecule has 1 aromatic rings. The molecule has 0 saturated carbocycles. The lowest BCUT2D eigenvalue weighted by atomic mass is 10.1. The van der Waals surface area contributed by atoms with Crippen LogP contribution >= 0.6 is 11.8 Å². The third-order valence-electron chi connectivity index (χ3n) is 2.85. The number of aliphatic hydroxyl groups excluding tert-OH is 1. The van der Waals surface area contributed by atoms with E-state index in [0.717, 1.165) is 16.9 Å². The van der Waals surface area contributed by atoms with E-state index in [1.807, 2.05) is 31.2 Å². The summed E-state index contributed by atoms with van der Waals surface area (Å²) in [6, 6.07) is 7.65. The van der Waals surface area contributed by atoms with Gasteiger partial charge < -0.3 is 15.2 Å². The first-order valence-electron chi connectivity index (χ1n) is 6.76. The van der Waals surface area contributed by atoms with E-state index in [-0.39, 0.29) is 11.2 Å². The van der Waals surface area contributed by atoms with E-state index < -0.39 is 6.10 Å². The van der Waals surface area contributed by atoms with Gasteiger partial charge in [0, 0.05) is 25.2 Å². The molecule has 2 atom stereocenters. The molecule has 1 aromatic carbocycles. The van der Waals surface area contributed by atoms with Crippen molar-refractivity contribution in [3.8, 4) is 0 Å². The fourth-order valence-electron chi connectivity index (χ4n) is 1.68. The zero-order valence-corrected chi connectivity index (χ0v) is 13.1. The van der Waals surface area contributed by atoms with Crippen LogP contribution in [0.3, 0.4) is 0 Å². The summed E-state index contributed by atoms with van der Waals surface area (Å²) in [5.41, 5.74) is 0.864. The number of benzene rings is 1. The predicted molar refractivity (Wildman–Crippen MR) is 81.9 cm³/mol. The lowest BCUT2D eigenvalue weighted by molar-refractivity contribution is -0.120. The van der Waals surface area contributed by atoms with Gasteiger partial charge in [0.05, 0.1) is 11.4 Å². The molecule has 0 aliphatic carbocycles. The topological polar surface area (TPSA) is 58.6 Å². The maximum absolute atomic E-state index is 11.9. The molecule has 0 spiro atoms. The van der Waals surface area contributed by atoms with Gasteiger partial charge in [0.25, 0.3) is 0 Å². The van der Waals surface area contributed by atoms with Crippen LogP contribution < -0.4 is 5.32 Å². The minimum Gasteiger partial charge on any atom is -0.389 e. The lowest BCUT2D eigenvalue weighted by Gasteiger charge is -2.13. The minimum absolute atomic E-state index is 0.0218. The number of nitrogens with one attached hydrogen (secondary N) is 1. The molecule has 20 heavy (non-hydrogen) atoms. The number of carbonyl (C=O) groups is 1. The highest BCUT2D eigenvalue weighted by Crippen LogP contribution is 2.26. The lowest BCUT2D eigenvalue weighted by Crippen LogP contribution is -2.32. The van der Waals surface area contributed by atoms with E-state index in [1.54, 1.807) is 14.0 Å². The number of carbonyl (C=O) groups excluding carboxylic acids is 1. The molecule has 2 N–H and O–H groups in total. The first kappa shape index (κ1) is 17.0. The second-order valence-corrected chi connectivity index (χ2v) is 6.06. The average Bonchev–Trinajstić information content (AvgIpc) is 2.43. The van der Waals surface area contributed by atoms with Gasteiger partial charge in [-0.05, 0) is 38.0 Å². The third-order valence-corrected chi connectivity index (χ3v) is 3.94. The van der Waals surface area contributed by atoms with Crippen molar-refractivity contribution in [3.05, 3.63) is 29.8 Å². The number of methoxy groups -OCH3 is 1. The predicted octanol–water partition coefficient (Wildman–Crippen LogP) is 2.37. The average molecular weight is 297 g/mol. The largest absolute Gasteiger partial charge is 0.389 e. The third kappa shape index (κ3) is 5.94. The van der Waals surface area contributed by atoms with Crippen LogP contribution in [0.1, 0.15) is 31.9 Å². The van der Waals surface area contributed by atoms with E-state index in [4.69, 9.17) is 4.74 Å². The molecule has 0 heterocycles. The Morgan fingerprint density at radius 1 is 1.45 bits per heavy atom. The van der Waals surface area contributed by atoms with Crippen molar-refractivity contribution in [2.75, 3.05) is 20.3 Å². The fraction of sp³-hybridized carbons (Fsp3) is 0.533. The molecule has 0 fully saturated rings. The van der Waals surface area contributed by atoms with E-state index >= 15 is 0 Å². The summed E-state index contributed by atoms with van der Waals surface area (Å²) in [5, 5.41) is 12.3. The standard InChI is InChI=1S/C15H23NO3S/c1-11(17)13-6-4-7-14(10-13)20-12(2)15(18)16-8-5-9-19-3/h4,6-7,10-12,17H,5,8-9H2,1-3H3,(H,16,18). The zero-order chi connectivity index (χ0) is 15.0. The Balaban J connectivity index is 2.46. The molecular formula is C15H23NO3S. The van der Waals surface area contributed by atoms with Crippen molar-refractivity contribution in [3.63, 3.8) is 0 Å². The maximum Gasteiger partial charge on any atom is 0.233 e. The number of rotatable bonds is 8. The molecule has 1 amide bonds. The molecule has 0 bridgehead atoms. The summed E-state index contributed by atoms with van der Waals surface area (Å²) in [5.74, 6) is 0.0218. The minimum atomic E-state index is -0.492. The Morgan fingerprint density at radius 2 is 2.20 bits per heavy atom. The van der Waals surface area contributed by atoms with Crippen LogP contribution in [0, 0.1) is 0 Å². The van der Waals surface area contributed by atoms with Crippen molar-refractivity contribution in [1.82, 2.24) is 5.32 Å². The summed E-state index contributed by atoms with van der Waals surface area (Å²) in [6.45, 7) is 4.89.